The number of fused-ring (bicyclic) bond motifs is 1. The van der Waals surface area contributed by atoms with E-state index in [1.807, 2.05) is 23.1 Å². The van der Waals surface area contributed by atoms with E-state index in [1.165, 1.54) is 32.1 Å². The maximum Gasteiger partial charge on any atom is 0.306 e. The Balaban J connectivity index is 1.28. The van der Waals surface area contributed by atoms with Gasteiger partial charge in [0.2, 0.25) is 0 Å². The largest absolute Gasteiger partial charge is 0.486 e. The van der Waals surface area contributed by atoms with Crippen LogP contribution in [0, 0.1) is 5.92 Å². The average molecular weight is 402 g/mol. The van der Waals surface area contributed by atoms with Crippen molar-refractivity contribution in [2.75, 3.05) is 26.4 Å². The number of hydrogen-bond donors (Lipinski definition) is 0. The second kappa shape index (κ2) is 9.51. The van der Waals surface area contributed by atoms with Crippen molar-refractivity contribution in [3.63, 3.8) is 0 Å². The van der Waals surface area contributed by atoms with Crippen molar-refractivity contribution in [3.05, 3.63) is 23.8 Å². The van der Waals surface area contributed by atoms with Gasteiger partial charge in [-0.2, -0.15) is 0 Å². The van der Waals surface area contributed by atoms with Gasteiger partial charge in [-0.05, 0) is 42.9 Å². The highest BCUT2D eigenvalue weighted by molar-refractivity contribution is 5.81. The lowest BCUT2D eigenvalue weighted by molar-refractivity contribution is -0.152. The number of esters is 1. The van der Waals surface area contributed by atoms with Crippen LogP contribution in [0.2, 0.25) is 0 Å². The minimum atomic E-state index is -0.251. The highest BCUT2D eigenvalue weighted by Gasteiger charge is 2.31. The second-order valence-electron chi connectivity index (χ2n) is 8.35. The minimum Gasteiger partial charge on any atom is -0.486 e. The van der Waals surface area contributed by atoms with Gasteiger partial charge in [-0.25, -0.2) is 0 Å². The van der Waals surface area contributed by atoms with Gasteiger partial charge in [-0.15, -0.1) is 0 Å². The number of carbonyl (C=O) groups excluding carboxylic acids is 2. The van der Waals surface area contributed by atoms with Crippen LogP contribution in [0.15, 0.2) is 18.2 Å². The molecule has 0 radical (unpaired) electrons. The molecule has 29 heavy (non-hydrogen) atoms. The number of carbonyl (C=O) groups is 2. The number of amides is 1. The minimum absolute atomic E-state index is 0.000678. The smallest absolute Gasteiger partial charge is 0.306 e. The monoisotopic (exact) mass is 401 g/mol. The van der Waals surface area contributed by atoms with E-state index in [-0.39, 0.29) is 24.5 Å². The number of benzene rings is 1. The van der Waals surface area contributed by atoms with Crippen LogP contribution in [0.3, 0.4) is 0 Å². The molecule has 3 aliphatic rings. The molecule has 158 valence electrons. The van der Waals surface area contributed by atoms with Crippen molar-refractivity contribution in [2.24, 2.45) is 5.92 Å². The molecule has 1 aromatic carbocycles. The molecule has 1 amide bonds. The number of rotatable bonds is 6. The van der Waals surface area contributed by atoms with Gasteiger partial charge in [0.05, 0.1) is 6.04 Å². The van der Waals surface area contributed by atoms with Gasteiger partial charge < -0.3 is 19.1 Å². The molecule has 1 aliphatic carbocycles. The lowest BCUT2D eigenvalue weighted by Gasteiger charge is -2.26. The first-order chi connectivity index (χ1) is 14.2. The third-order valence-corrected chi connectivity index (χ3v) is 6.36. The molecule has 1 saturated carbocycles. The number of likely N-dealkylation sites (tertiary alicyclic amines) is 1. The van der Waals surface area contributed by atoms with Crippen LogP contribution in [0.1, 0.15) is 69.4 Å². The van der Waals surface area contributed by atoms with Crippen LogP contribution >= 0.6 is 0 Å². The molecule has 1 aromatic rings. The van der Waals surface area contributed by atoms with Crippen molar-refractivity contribution < 1.29 is 23.8 Å². The highest BCUT2D eigenvalue weighted by Crippen LogP contribution is 2.38. The maximum absolute atomic E-state index is 12.7. The molecule has 1 atom stereocenters. The Morgan fingerprint density at radius 2 is 1.79 bits per heavy atom. The van der Waals surface area contributed by atoms with Crippen LogP contribution < -0.4 is 9.47 Å². The fourth-order valence-electron chi connectivity index (χ4n) is 4.77. The van der Waals surface area contributed by atoms with Gasteiger partial charge in [-0.3, -0.25) is 9.59 Å². The zero-order chi connectivity index (χ0) is 20.1. The Morgan fingerprint density at radius 3 is 2.62 bits per heavy atom. The average Bonchev–Trinajstić information content (AvgIpc) is 3.26. The summed E-state index contributed by atoms with van der Waals surface area (Å²) in [5, 5.41) is 0. The van der Waals surface area contributed by atoms with Crippen LogP contribution in [-0.2, 0) is 14.3 Å². The Kier molecular flexibility index (Phi) is 6.57. The summed E-state index contributed by atoms with van der Waals surface area (Å²) in [5.41, 5.74) is 1.05. The second-order valence-corrected chi connectivity index (χ2v) is 8.35. The van der Waals surface area contributed by atoms with E-state index in [9.17, 15) is 9.59 Å². The Morgan fingerprint density at radius 1 is 1.00 bits per heavy atom. The van der Waals surface area contributed by atoms with Crippen LogP contribution in [0.5, 0.6) is 11.5 Å². The van der Waals surface area contributed by atoms with Crippen LogP contribution in [-0.4, -0.2) is 43.1 Å². The maximum atomic E-state index is 12.7. The zero-order valence-corrected chi connectivity index (χ0v) is 17.1. The van der Waals surface area contributed by atoms with Gasteiger partial charge in [0.25, 0.3) is 5.91 Å². The molecule has 2 aliphatic heterocycles. The van der Waals surface area contributed by atoms with Gasteiger partial charge in [0, 0.05) is 13.0 Å². The molecule has 6 heteroatoms. The van der Waals surface area contributed by atoms with Crippen molar-refractivity contribution in [1.29, 1.82) is 0 Å². The Hall–Kier alpha value is -2.24. The highest BCUT2D eigenvalue weighted by atomic mass is 16.6. The molecule has 0 spiro atoms. The van der Waals surface area contributed by atoms with Crippen molar-refractivity contribution in [3.8, 4) is 11.5 Å². The van der Waals surface area contributed by atoms with E-state index < -0.39 is 0 Å². The van der Waals surface area contributed by atoms with E-state index >= 15 is 0 Å². The molecule has 0 aromatic heterocycles. The molecule has 2 heterocycles. The molecule has 0 bridgehead atoms. The van der Waals surface area contributed by atoms with Gasteiger partial charge in [-0.1, -0.05) is 38.2 Å². The van der Waals surface area contributed by atoms with Gasteiger partial charge in [0.1, 0.15) is 13.2 Å². The van der Waals surface area contributed by atoms with E-state index in [2.05, 4.69) is 0 Å². The van der Waals surface area contributed by atoms with E-state index in [0.717, 1.165) is 36.3 Å². The third-order valence-electron chi connectivity index (χ3n) is 6.36. The van der Waals surface area contributed by atoms with Crippen molar-refractivity contribution >= 4 is 11.9 Å². The summed E-state index contributed by atoms with van der Waals surface area (Å²) >= 11 is 0. The SMILES string of the molecule is O=C(CCC1CCCCC1)OCC(=O)N1CCCC1c1ccc2c(c1)OCCO2. The lowest BCUT2D eigenvalue weighted by Crippen LogP contribution is -2.34. The summed E-state index contributed by atoms with van der Waals surface area (Å²) in [6.07, 6.45) is 9.45. The normalized spacial score (nSPS) is 21.8. The molecular formula is C23H31NO5. The van der Waals surface area contributed by atoms with Gasteiger partial charge in [0.15, 0.2) is 18.1 Å². The Labute approximate surface area is 172 Å². The molecule has 1 unspecified atom stereocenters. The third kappa shape index (κ3) is 5.03. The fourth-order valence-corrected chi connectivity index (χ4v) is 4.77. The molecule has 4 rings (SSSR count). The van der Waals surface area contributed by atoms with E-state index in [0.29, 0.717) is 32.1 Å². The summed E-state index contributed by atoms with van der Waals surface area (Å²) in [6, 6.07) is 5.89. The summed E-state index contributed by atoms with van der Waals surface area (Å²) < 4.78 is 16.6. The number of hydrogen-bond acceptors (Lipinski definition) is 5. The van der Waals surface area contributed by atoms with Crippen LogP contribution in [0.25, 0.3) is 0 Å². The first kappa shape index (κ1) is 20.0. The Bertz CT molecular complexity index is 728. The molecular weight excluding hydrogens is 370 g/mol. The number of nitrogens with zero attached hydrogens (tertiary/aromatic N) is 1. The molecule has 6 nitrogen and oxygen atoms in total. The van der Waals surface area contributed by atoms with Crippen LogP contribution in [0.4, 0.5) is 0 Å². The lowest BCUT2D eigenvalue weighted by atomic mass is 9.86. The van der Waals surface area contributed by atoms with E-state index in [1.54, 1.807) is 0 Å². The van der Waals surface area contributed by atoms with Gasteiger partial charge >= 0.3 is 5.97 Å². The summed E-state index contributed by atoms with van der Waals surface area (Å²) in [5.74, 6) is 1.77. The first-order valence-corrected chi connectivity index (χ1v) is 11.1. The molecule has 0 N–H and O–H groups in total. The number of ether oxygens (including phenoxy) is 3. The summed E-state index contributed by atoms with van der Waals surface area (Å²) in [7, 11) is 0. The fraction of sp³-hybridized carbons (Fsp3) is 0.652. The standard InChI is InChI=1S/C23H31NO5/c25-22(16-29-23(26)11-8-17-5-2-1-3-6-17)24-12-4-7-19(24)18-9-10-20-21(15-18)28-14-13-27-20/h9-10,15,17,19H,1-8,11-14,16H2. The zero-order valence-electron chi connectivity index (χ0n) is 17.1. The molecule has 2 fully saturated rings. The topological polar surface area (TPSA) is 65.1 Å². The summed E-state index contributed by atoms with van der Waals surface area (Å²) in [6.45, 7) is 1.63. The first-order valence-electron chi connectivity index (χ1n) is 11.1. The predicted octanol–water partition coefficient (Wildman–Crippen LogP) is 4.03. The van der Waals surface area contributed by atoms with Crippen molar-refractivity contribution in [2.45, 2.75) is 63.8 Å². The molecule has 1 saturated heterocycles. The summed E-state index contributed by atoms with van der Waals surface area (Å²) in [4.78, 5) is 26.6. The van der Waals surface area contributed by atoms with Crippen molar-refractivity contribution in [1.82, 2.24) is 4.90 Å². The quantitative estimate of drug-likeness (QED) is 0.674. The predicted molar refractivity (Wildman–Crippen MR) is 108 cm³/mol. The van der Waals surface area contributed by atoms with E-state index in [4.69, 9.17) is 14.2 Å².